The standard InChI is InChI=1S/C21H26O3.C20H24O3.2C15H16O2/c1-4-15(3)16-6-7-18-11-19(9-8-17(18)10-16)21-22-12-20(5-2,13-23-21)14-24-21;1-4-14(2)15-5-6-17-10-18(8-7-16(17)9-15)20-21-11-19(3,12-22-20)13-23-20;2*1-3-10(2)11-4-5-13-9-14(15(16)17)7-6-12(13)8-11/h6-11,15H,4-5,12-14H2,1-3H3;5-10,14H,4,11-13H2,1-3H3;2*4-10H,3H2,1-2H3,(H,16,17). The maximum atomic E-state index is 10.9. The third kappa shape index (κ3) is 12.9. The van der Waals surface area contributed by atoms with Gasteiger partial charge in [0.2, 0.25) is 0 Å². The lowest BCUT2D eigenvalue weighted by Gasteiger charge is -2.51. The Morgan fingerprint density at radius 2 is 0.642 bits per heavy atom. The molecule has 4 bridgehead atoms. The van der Waals surface area contributed by atoms with Gasteiger partial charge < -0.3 is 38.6 Å². The molecule has 6 saturated heterocycles. The summed E-state index contributed by atoms with van der Waals surface area (Å²) in [6, 6.07) is 49.1. The molecule has 14 rings (SSSR count). The van der Waals surface area contributed by atoms with E-state index in [1.165, 1.54) is 43.8 Å². The summed E-state index contributed by atoms with van der Waals surface area (Å²) in [5, 5.41) is 26.9. The van der Waals surface area contributed by atoms with Gasteiger partial charge in [-0.25, -0.2) is 9.59 Å². The molecule has 0 saturated carbocycles. The molecule has 426 valence electrons. The van der Waals surface area contributed by atoms with Gasteiger partial charge in [-0.1, -0.05) is 178 Å². The second-order valence-corrected chi connectivity index (χ2v) is 23.6. The molecule has 0 aromatic heterocycles. The topological polar surface area (TPSA) is 130 Å². The highest BCUT2D eigenvalue weighted by molar-refractivity contribution is 5.95. The van der Waals surface area contributed by atoms with Crippen molar-refractivity contribution in [2.24, 2.45) is 10.8 Å². The molecule has 6 heterocycles. The van der Waals surface area contributed by atoms with Crippen molar-refractivity contribution < 1.29 is 48.2 Å². The minimum Gasteiger partial charge on any atom is -0.478 e. The van der Waals surface area contributed by atoms with Crippen LogP contribution in [0.3, 0.4) is 0 Å². The van der Waals surface area contributed by atoms with Crippen LogP contribution in [0, 0.1) is 10.8 Å². The fourth-order valence-corrected chi connectivity index (χ4v) is 10.7. The van der Waals surface area contributed by atoms with Crippen molar-refractivity contribution in [3.8, 4) is 0 Å². The molecule has 0 amide bonds. The molecule has 10 heteroatoms. The molecular weight excluding hydrogens is 1010 g/mol. The number of hydrogen-bond donors (Lipinski definition) is 2. The van der Waals surface area contributed by atoms with Crippen LogP contribution in [0.5, 0.6) is 0 Å². The van der Waals surface area contributed by atoms with Crippen LogP contribution >= 0.6 is 0 Å². The first kappa shape index (κ1) is 59.1. The molecule has 4 unspecified atom stereocenters. The molecule has 0 radical (unpaired) electrons. The summed E-state index contributed by atoms with van der Waals surface area (Å²) < 4.78 is 35.9. The van der Waals surface area contributed by atoms with Gasteiger partial charge in [-0.2, -0.15) is 0 Å². The number of hydrogen-bond acceptors (Lipinski definition) is 8. The monoisotopic (exact) mass is 1090 g/mol. The molecule has 6 aliphatic heterocycles. The van der Waals surface area contributed by atoms with Crippen LogP contribution in [0.2, 0.25) is 0 Å². The van der Waals surface area contributed by atoms with Crippen LogP contribution in [-0.4, -0.2) is 61.8 Å². The van der Waals surface area contributed by atoms with Crippen LogP contribution in [-0.2, 0) is 40.4 Å². The van der Waals surface area contributed by atoms with Crippen molar-refractivity contribution >= 4 is 55.0 Å². The molecule has 0 spiro atoms. The Labute approximate surface area is 478 Å². The molecule has 8 aromatic carbocycles. The molecule has 6 aliphatic rings. The molecular formula is C71H82O10. The van der Waals surface area contributed by atoms with Gasteiger partial charge in [-0.3, -0.25) is 0 Å². The first-order valence-electron chi connectivity index (χ1n) is 29.3. The predicted octanol–water partition coefficient (Wildman–Crippen LogP) is 17.6. The molecule has 2 N–H and O–H groups in total. The average Bonchev–Trinajstić information content (AvgIpc) is 3.56. The fraction of sp³-hybridized carbons (Fsp3) is 0.408. The van der Waals surface area contributed by atoms with E-state index >= 15 is 0 Å². The van der Waals surface area contributed by atoms with Crippen molar-refractivity contribution in [1.82, 2.24) is 0 Å². The normalized spacial score (nSPS) is 23.3. The Morgan fingerprint density at radius 3 is 0.926 bits per heavy atom. The zero-order valence-electron chi connectivity index (χ0n) is 49.1. The van der Waals surface area contributed by atoms with Gasteiger partial charge in [0.15, 0.2) is 0 Å². The minimum atomic E-state index is -1.01. The smallest absolute Gasteiger partial charge is 0.335 e. The SMILES string of the molecule is CCC(C)c1ccc2cc(C(=O)O)ccc2c1.CCC(C)c1ccc2cc(C(=O)O)ccc2c1.CCC(C)c1ccc2cc(C34OCC(C)(CO3)CO4)ccc2c1.CCC(C)c1ccc2cc(C34OCC(CC)(CO3)CO4)ccc2c1. The molecule has 0 aliphatic carbocycles. The van der Waals surface area contributed by atoms with Gasteiger partial charge >= 0.3 is 23.9 Å². The Balaban J connectivity index is 0.000000132. The number of benzene rings is 8. The van der Waals surface area contributed by atoms with Crippen LogP contribution in [0.4, 0.5) is 0 Å². The molecule has 10 nitrogen and oxygen atoms in total. The second kappa shape index (κ2) is 24.9. The Morgan fingerprint density at radius 1 is 0.383 bits per heavy atom. The average molecular weight is 1100 g/mol. The number of carbonyl (C=O) groups is 2. The highest BCUT2D eigenvalue weighted by atomic mass is 16.9. The minimum absolute atomic E-state index is 0.0101. The van der Waals surface area contributed by atoms with Gasteiger partial charge in [0.25, 0.3) is 0 Å². The number of ether oxygens (including phenoxy) is 6. The Bertz CT molecular complexity index is 3370. The van der Waals surface area contributed by atoms with Gasteiger partial charge in [0.05, 0.1) is 50.8 Å². The maximum Gasteiger partial charge on any atom is 0.335 e. The van der Waals surface area contributed by atoms with E-state index < -0.39 is 23.9 Å². The second-order valence-electron chi connectivity index (χ2n) is 23.6. The van der Waals surface area contributed by atoms with Crippen molar-refractivity contribution in [2.45, 2.75) is 137 Å². The number of fused-ring (bicyclic) bond motifs is 10. The van der Waals surface area contributed by atoms with E-state index in [2.05, 4.69) is 166 Å². The first-order chi connectivity index (χ1) is 38.9. The number of aromatic carboxylic acids is 2. The van der Waals surface area contributed by atoms with E-state index in [-0.39, 0.29) is 10.8 Å². The maximum absolute atomic E-state index is 10.9. The lowest BCUT2D eigenvalue weighted by molar-refractivity contribution is -0.480. The quantitative estimate of drug-likeness (QED) is 0.115. The highest BCUT2D eigenvalue weighted by Crippen LogP contribution is 2.47. The summed E-state index contributed by atoms with van der Waals surface area (Å²) in [7, 11) is 0. The third-order valence-electron chi connectivity index (χ3n) is 17.7. The van der Waals surface area contributed by atoms with Crippen LogP contribution in [0.1, 0.15) is 179 Å². The summed E-state index contributed by atoms with van der Waals surface area (Å²) in [6.07, 6.45) is 5.54. The van der Waals surface area contributed by atoms with E-state index in [1.807, 2.05) is 24.3 Å². The summed E-state index contributed by atoms with van der Waals surface area (Å²) in [5.74, 6) is -1.53. The molecule has 4 atom stereocenters. The zero-order valence-corrected chi connectivity index (χ0v) is 49.1. The number of carboxylic acid groups (broad SMARTS) is 2. The van der Waals surface area contributed by atoms with Crippen molar-refractivity contribution in [3.05, 3.63) is 190 Å². The van der Waals surface area contributed by atoms with Gasteiger partial charge in [-0.05, 0) is 158 Å². The zero-order chi connectivity index (χ0) is 57.7. The first-order valence-corrected chi connectivity index (χ1v) is 29.3. The van der Waals surface area contributed by atoms with Crippen LogP contribution in [0.15, 0.2) is 146 Å². The number of carboxylic acids is 2. The Kier molecular flexibility index (Phi) is 18.2. The van der Waals surface area contributed by atoms with E-state index in [1.54, 1.807) is 24.3 Å². The predicted molar refractivity (Wildman–Crippen MR) is 324 cm³/mol. The molecule has 6 fully saturated rings. The van der Waals surface area contributed by atoms with Crippen molar-refractivity contribution in [2.75, 3.05) is 39.6 Å². The van der Waals surface area contributed by atoms with Crippen LogP contribution in [0.25, 0.3) is 43.1 Å². The Hall–Kier alpha value is -6.50. The highest BCUT2D eigenvalue weighted by Gasteiger charge is 2.53. The third-order valence-corrected chi connectivity index (χ3v) is 17.7. The van der Waals surface area contributed by atoms with Crippen LogP contribution < -0.4 is 0 Å². The molecule has 8 aromatic rings. The van der Waals surface area contributed by atoms with E-state index in [9.17, 15) is 9.59 Å². The summed E-state index contributed by atoms with van der Waals surface area (Å²) in [5.41, 5.74) is 8.00. The number of rotatable bonds is 13. The van der Waals surface area contributed by atoms with Gasteiger partial charge in [0, 0.05) is 22.0 Å². The van der Waals surface area contributed by atoms with Gasteiger partial charge in [0.1, 0.15) is 0 Å². The largest absolute Gasteiger partial charge is 0.478 e. The molecule has 81 heavy (non-hydrogen) atoms. The summed E-state index contributed by atoms with van der Waals surface area (Å²) >= 11 is 0. The van der Waals surface area contributed by atoms with E-state index in [0.29, 0.717) is 74.4 Å². The fourth-order valence-electron chi connectivity index (χ4n) is 10.7. The lowest BCUT2D eigenvalue weighted by atomic mass is 9.85. The van der Waals surface area contributed by atoms with E-state index in [0.717, 1.165) is 64.8 Å². The summed E-state index contributed by atoms with van der Waals surface area (Å²) in [4.78, 5) is 21.7. The summed E-state index contributed by atoms with van der Waals surface area (Å²) in [6.45, 7) is 26.2. The lowest BCUT2D eigenvalue weighted by Crippen LogP contribution is -2.58. The van der Waals surface area contributed by atoms with Crippen molar-refractivity contribution in [3.63, 3.8) is 0 Å². The van der Waals surface area contributed by atoms with Crippen molar-refractivity contribution in [1.29, 1.82) is 0 Å². The van der Waals surface area contributed by atoms with E-state index in [4.69, 9.17) is 38.6 Å². The van der Waals surface area contributed by atoms with Gasteiger partial charge in [-0.15, -0.1) is 0 Å².